The topological polar surface area (TPSA) is 92.1 Å². The minimum absolute atomic E-state index is 0.0292. The number of anilines is 2. The molecule has 1 aliphatic heterocycles. The molecular formula is C29H34F2N8O. The van der Waals surface area contributed by atoms with Gasteiger partial charge in [-0.15, -0.1) is 0 Å². The zero-order valence-corrected chi connectivity index (χ0v) is 23.4. The highest BCUT2D eigenvalue weighted by Gasteiger charge is 2.25. The molecule has 1 aliphatic rings. The molecule has 1 unspecified atom stereocenters. The van der Waals surface area contributed by atoms with Crippen LogP contribution in [0.1, 0.15) is 57.6 Å². The minimum Gasteiger partial charge on any atom is -0.335 e. The molecule has 0 radical (unpaired) electrons. The Morgan fingerprint density at radius 1 is 1.00 bits per heavy atom. The van der Waals surface area contributed by atoms with Gasteiger partial charge in [0.1, 0.15) is 22.9 Å². The lowest BCUT2D eigenvalue weighted by Crippen LogP contribution is -2.35. The number of benzene rings is 1. The molecule has 0 bridgehead atoms. The molecule has 1 aromatic carbocycles. The summed E-state index contributed by atoms with van der Waals surface area (Å²) < 4.78 is 31.8. The SMILES string of the molecule is CCN1CCC(=O)N(C(C)c2ccc(Nc3ncc(F)c(-c4cc(F)c5nc(C)n(C(C)C)c5c4)n3)nc2)CC1. The van der Waals surface area contributed by atoms with Crippen molar-refractivity contribution in [3.8, 4) is 11.3 Å². The third-order valence-electron chi connectivity index (χ3n) is 7.50. The average Bonchev–Trinajstić information content (AvgIpc) is 3.16. The van der Waals surface area contributed by atoms with Crippen molar-refractivity contribution in [3.05, 3.63) is 59.7 Å². The zero-order valence-electron chi connectivity index (χ0n) is 23.4. The maximum absolute atomic E-state index is 15.0. The fraction of sp³-hybridized carbons (Fsp3) is 0.414. The second-order valence-electron chi connectivity index (χ2n) is 10.4. The van der Waals surface area contributed by atoms with Gasteiger partial charge in [0.25, 0.3) is 0 Å². The van der Waals surface area contributed by atoms with Gasteiger partial charge in [-0.05, 0) is 58.0 Å². The Labute approximate surface area is 232 Å². The van der Waals surface area contributed by atoms with Gasteiger partial charge >= 0.3 is 0 Å². The first-order chi connectivity index (χ1) is 19.2. The highest BCUT2D eigenvalue weighted by atomic mass is 19.1. The number of halogens is 2. The smallest absolute Gasteiger partial charge is 0.229 e. The summed E-state index contributed by atoms with van der Waals surface area (Å²) >= 11 is 0. The van der Waals surface area contributed by atoms with Crippen molar-refractivity contribution in [1.82, 2.24) is 34.3 Å². The Morgan fingerprint density at radius 3 is 2.50 bits per heavy atom. The molecule has 1 N–H and O–H groups in total. The normalized spacial score (nSPS) is 15.6. The molecule has 4 heterocycles. The van der Waals surface area contributed by atoms with E-state index in [4.69, 9.17) is 0 Å². The van der Waals surface area contributed by atoms with Crippen molar-refractivity contribution in [2.24, 2.45) is 0 Å². The van der Waals surface area contributed by atoms with Crippen LogP contribution in [0.3, 0.4) is 0 Å². The lowest BCUT2D eigenvalue weighted by molar-refractivity contribution is -0.132. The van der Waals surface area contributed by atoms with Crippen LogP contribution in [-0.4, -0.2) is 66.4 Å². The number of rotatable bonds is 7. The Bertz CT molecular complexity index is 1540. The van der Waals surface area contributed by atoms with Crippen molar-refractivity contribution in [1.29, 1.82) is 0 Å². The maximum Gasteiger partial charge on any atom is 0.229 e. The van der Waals surface area contributed by atoms with Crippen LogP contribution in [-0.2, 0) is 4.79 Å². The number of aryl methyl sites for hydroxylation is 1. The van der Waals surface area contributed by atoms with Gasteiger partial charge in [0, 0.05) is 43.9 Å². The van der Waals surface area contributed by atoms with E-state index >= 15 is 0 Å². The Kier molecular flexibility index (Phi) is 7.75. The Hall–Kier alpha value is -3.99. The van der Waals surface area contributed by atoms with Crippen LogP contribution in [0.4, 0.5) is 20.5 Å². The van der Waals surface area contributed by atoms with Gasteiger partial charge in [0.05, 0.1) is 17.8 Å². The van der Waals surface area contributed by atoms with Crippen molar-refractivity contribution in [3.63, 3.8) is 0 Å². The van der Waals surface area contributed by atoms with E-state index in [9.17, 15) is 13.6 Å². The third-order valence-corrected chi connectivity index (χ3v) is 7.50. The summed E-state index contributed by atoms with van der Waals surface area (Å²) in [5.41, 5.74) is 1.98. The number of pyridine rings is 1. The Morgan fingerprint density at radius 2 is 1.80 bits per heavy atom. The number of fused-ring (bicyclic) bond motifs is 1. The number of amides is 1. The number of hydrogen-bond donors (Lipinski definition) is 1. The van der Waals surface area contributed by atoms with E-state index in [2.05, 4.69) is 37.1 Å². The quantitative estimate of drug-likeness (QED) is 0.330. The van der Waals surface area contributed by atoms with Crippen LogP contribution in [0.15, 0.2) is 36.7 Å². The van der Waals surface area contributed by atoms with Gasteiger partial charge < -0.3 is 19.7 Å². The van der Waals surface area contributed by atoms with E-state index in [1.807, 2.05) is 43.2 Å². The number of aromatic nitrogens is 5. The van der Waals surface area contributed by atoms with Crippen molar-refractivity contribution in [2.75, 3.05) is 31.5 Å². The van der Waals surface area contributed by atoms with Crippen molar-refractivity contribution >= 4 is 28.7 Å². The first kappa shape index (κ1) is 27.6. The molecule has 210 valence electrons. The molecule has 5 rings (SSSR count). The lowest BCUT2D eigenvalue weighted by atomic mass is 10.1. The van der Waals surface area contributed by atoms with E-state index < -0.39 is 11.6 Å². The molecule has 1 fully saturated rings. The van der Waals surface area contributed by atoms with E-state index in [1.54, 1.807) is 18.3 Å². The number of nitrogens with zero attached hydrogens (tertiary/aromatic N) is 7. The summed E-state index contributed by atoms with van der Waals surface area (Å²) in [6, 6.07) is 6.55. The molecule has 1 saturated heterocycles. The van der Waals surface area contributed by atoms with Gasteiger partial charge in [-0.25, -0.2) is 28.7 Å². The number of carbonyl (C=O) groups excluding carboxylic acids is 1. The number of hydrogen-bond acceptors (Lipinski definition) is 7. The highest BCUT2D eigenvalue weighted by Crippen LogP contribution is 2.30. The van der Waals surface area contributed by atoms with Crippen LogP contribution >= 0.6 is 0 Å². The summed E-state index contributed by atoms with van der Waals surface area (Å²) in [4.78, 5) is 34.1. The van der Waals surface area contributed by atoms with Crippen molar-refractivity contribution < 1.29 is 13.6 Å². The van der Waals surface area contributed by atoms with Crippen LogP contribution in [0.25, 0.3) is 22.3 Å². The summed E-state index contributed by atoms with van der Waals surface area (Å²) in [6.45, 7) is 13.1. The second kappa shape index (κ2) is 11.2. The molecule has 0 spiro atoms. The summed E-state index contributed by atoms with van der Waals surface area (Å²) in [6.07, 6.45) is 3.27. The molecular weight excluding hydrogens is 514 g/mol. The lowest BCUT2D eigenvalue weighted by Gasteiger charge is -2.28. The third kappa shape index (κ3) is 5.38. The predicted molar refractivity (Wildman–Crippen MR) is 150 cm³/mol. The fourth-order valence-electron chi connectivity index (χ4n) is 5.32. The van der Waals surface area contributed by atoms with Gasteiger partial charge in [0.15, 0.2) is 11.6 Å². The Balaban J connectivity index is 1.37. The number of carbonyl (C=O) groups is 1. The zero-order chi connectivity index (χ0) is 28.6. The van der Waals surface area contributed by atoms with Crippen LogP contribution in [0.5, 0.6) is 0 Å². The molecule has 40 heavy (non-hydrogen) atoms. The van der Waals surface area contributed by atoms with Gasteiger partial charge in [-0.3, -0.25) is 4.79 Å². The maximum atomic E-state index is 15.0. The van der Waals surface area contributed by atoms with E-state index in [-0.39, 0.29) is 40.7 Å². The summed E-state index contributed by atoms with van der Waals surface area (Å²) in [7, 11) is 0. The van der Waals surface area contributed by atoms with Crippen LogP contribution in [0, 0.1) is 18.6 Å². The molecule has 9 nitrogen and oxygen atoms in total. The van der Waals surface area contributed by atoms with E-state index in [1.165, 1.54) is 6.07 Å². The first-order valence-corrected chi connectivity index (χ1v) is 13.6. The van der Waals surface area contributed by atoms with Gasteiger partial charge in [0.2, 0.25) is 11.9 Å². The van der Waals surface area contributed by atoms with Gasteiger partial charge in [-0.2, -0.15) is 0 Å². The number of imidazole rings is 1. The highest BCUT2D eigenvalue weighted by molar-refractivity contribution is 5.83. The standard InChI is InChI=1S/C29H34F2N8O/c1-6-37-10-9-26(40)38(12-11-37)18(4)20-7-8-25(32-15-20)35-29-33-16-23(31)27(36-29)21-13-22(30)28-24(14-21)39(17(2)3)19(5)34-28/h7-8,13-18H,6,9-12H2,1-5H3,(H,32,33,35,36). The molecule has 1 amide bonds. The van der Waals surface area contributed by atoms with Gasteiger partial charge in [-0.1, -0.05) is 13.0 Å². The molecule has 0 saturated carbocycles. The summed E-state index contributed by atoms with van der Waals surface area (Å²) in [5.74, 6) is 0.193. The monoisotopic (exact) mass is 548 g/mol. The van der Waals surface area contributed by atoms with Crippen LogP contribution < -0.4 is 5.32 Å². The van der Waals surface area contributed by atoms with E-state index in [0.29, 0.717) is 30.1 Å². The second-order valence-corrected chi connectivity index (χ2v) is 10.4. The van der Waals surface area contributed by atoms with E-state index in [0.717, 1.165) is 31.4 Å². The molecule has 4 aromatic rings. The van der Waals surface area contributed by atoms with Crippen LogP contribution in [0.2, 0.25) is 0 Å². The largest absolute Gasteiger partial charge is 0.335 e. The minimum atomic E-state index is -0.669. The average molecular weight is 549 g/mol. The first-order valence-electron chi connectivity index (χ1n) is 13.6. The molecule has 3 aromatic heterocycles. The molecule has 11 heteroatoms. The number of likely N-dealkylation sites (N-methyl/N-ethyl adjacent to an activating group) is 1. The molecule has 1 atom stereocenters. The fourth-order valence-corrected chi connectivity index (χ4v) is 5.32. The predicted octanol–water partition coefficient (Wildman–Crippen LogP) is 5.41. The number of nitrogens with one attached hydrogen (secondary N) is 1. The van der Waals surface area contributed by atoms with Crippen molar-refractivity contribution in [2.45, 2.75) is 53.1 Å². The summed E-state index contributed by atoms with van der Waals surface area (Å²) in [5, 5.41) is 3.01. The molecule has 0 aliphatic carbocycles.